The minimum Gasteiger partial charge on any atom is -0.337 e. The van der Waals surface area contributed by atoms with Crippen LogP contribution in [0.4, 0.5) is 0 Å². The zero-order valence-corrected chi connectivity index (χ0v) is 11.4. The highest BCUT2D eigenvalue weighted by atomic mass is 16.2. The molecule has 1 heterocycles. The van der Waals surface area contributed by atoms with Gasteiger partial charge >= 0.3 is 0 Å². The van der Waals surface area contributed by atoms with Crippen molar-refractivity contribution in [2.24, 2.45) is 5.92 Å². The third-order valence-corrected chi connectivity index (χ3v) is 2.85. The summed E-state index contributed by atoms with van der Waals surface area (Å²) in [5.41, 5.74) is 1.38. The maximum Gasteiger partial charge on any atom is 0.274 e. The quantitative estimate of drug-likeness (QED) is 0.866. The monoisotopic (exact) mass is 248 g/mol. The van der Waals surface area contributed by atoms with Crippen molar-refractivity contribution in [3.8, 4) is 6.07 Å². The molecule has 0 fully saturated rings. The van der Waals surface area contributed by atoms with Gasteiger partial charge in [-0.1, -0.05) is 13.8 Å². The van der Waals surface area contributed by atoms with Gasteiger partial charge in [0.15, 0.2) is 0 Å². The first-order valence-electron chi connectivity index (χ1n) is 6.14. The van der Waals surface area contributed by atoms with Gasteiger partial charge in [0.05, 0.1) is 12.5 Å². The molecule has 1 amide bonds. The second-order valence-electron chi connectivity index (χ2n) is 5.00. The molecule has 1 atom stereocenters. The normalized spacial score (nSPS) is 12.2. The minimum absolute atomic E-state index is 0.104. The van der Waals surface area contributed by atoms with Crippen LogP contribution in [0.15, 0.2) is 6.07 Å². The number of nitrogens with one attached hydrogen (secondary N) is 1. The number of aromatic nitrogens is 2. The maximum absolute atomic E-state index is 12.1. The van der Waals surface area contributed by atoms with Crippen LogP contribution < -0.4 is 0 Å². The number of carbonyl (C=O) groups is 1. The highest BCUT2D eigenvalue weighted by Crippen LogP contribution is 2.10. The summed E-state index contributed by atoms with van der Waals surface area (Å²) < 4.78 is 0. The van der Waals surface area contributed by atoms with E-state index < -0.39 is 0 Å². The van der Waals surface area contributed by atoms with Crippen LogP contribution in [0.5, 0.6) is 0 Å². The van der Waals surface area contributed by atoms with Gasteiger partial charge in [-0.05, 0) is 25.3 Å². The fourth-order valence-electron chi connectivity index (χ4n) is 1.67. The first-order chi connectivity index (χ1) is 8.45. The van der Waals surface area contributed by atoms with Crippen molar-refractivity contribution in [1.82, 2.24) is 15.1 Å². The van der Waals surface area contributed by atoms with Crippen LogP contribution in [0.2, 0.25) is 0 Å². The zero-order chi connectivity index (χ0) is 13.7. The molecular formula is C13H20N4O. The number of nitrogens with zero attached hydrogens (tertiary/aromatic N) is 3. The van der Waals surface area contributed by atoms with Gasteiger partial charge in [-0.2, -0.15) is 10.4 Å². The SMILES string of the molecule is CC(C)Cc1cc(C(=O)N(C)C(C)CC#N)n[nH]1. The molecule has 1 N–H and O–H groups in total. The second kappa shape index (κ2) is 6.20. The lowest BCUT2D eigenvalue weighted by molar-refractivity contribution is 0.0740. The van der Waals surface area contributed by atoms with E-state index in [-0.39, 0.29) is 11.9 Å². The van der Waals surface area contributed by atoms with Gasteiger partial charge in [-0.3, -0.25) is 9.89 Å². The van der Waals surface area contributed by atoms with Crippen molar-refractivity contribution >= 4 is 5.91 Å². The molecule has 0 saturated carbocycles. The Morgan fingerprint density at radius 1 is 1.56 bits per heavy atom. The molecule has 0 aromatic carbocycles. The van der Waals surface area contributed by atoms with Gasteiger partial charge in [0, 0.05) is 18.8 Å². The van der Waals surface area contributed by atoms with E-state index in [0.29, 0.717) is 18.0 Å². The highest BCUT2D eigenvalue weighted by molar-refractivity contribution is 5.92. The minimum atomic E-state index is -0.149. The first-order valence-corrected chi connectivity index (χ1v) is 6.14. The smallest absolute Gasteiger partial charge is 0.274 e. The van der Waals surface area contributed by atoms with Crippen LogP contribution >= 0.6 is 0 Å². The molecule has 0 saturated heterocycles. The lowest BCUT2D eigenvalue weighted by atomic mass is 10.1. The van der Waals surface area contributed by atoms with Crippen LogP contribution in [0.25, 0.3) is 0 Å². The fourth-order valence-corrected chi connectivity index (χ4v) is 1.67. The standard InChI is InChI=1S/C13H20N4O/c1-9(2)7-11-8-12(16-15-11)13(18)17(4)10(3)5-6-14/h8-10H,5,7H2,1-4H3,(H,15,16). The van der Waals surface area contributed by atoms with E-state index in [2.05, 4.69) is 30.1 Å². The largest absolute Gasteiger partial charge is 0.337 e. The molecule has 1 aromatic rings. The lowest BCUT2D eigenvalue weighted by Crippen LogP contribution is -2.35. The van der Waals surface area contributed by atoms with Gasteiger partial charge in [-0.25, -0.2) is 0 Å². The van der Waals surface area contributed by atoms with E-state index in [0.717, 1.165) is 12.1 Å². The van der Waals surface area contributed by atoms with Crippen LogP contribution in [-0.4, -0.2) is 34.1 Å². The predicted octanol–water partition coefficient (Wildman–Crippen LogP) is 1.98. The third-order valence-electron chi connectivity index (χ3n) is 2.85. The average Bonchev–Trinajstić information content (AvgIpc) is 2.75. The summed E-state index contributed by atoms with van der Waals surface area (Å²) in [6, 6.07) is 3.75. The summed E-state index contributed by atoms with van der Waals surface area (Å²) in [5, 5.41) is 15.5. The van der Waals surface area contributed by atoms with Gasteiger partial charge in [0.25, 0.3) is 5.91 Å². The molecule has 98 valence electrons. The third kappa shape index (κ3) is 3.59. The van der Waals surface area contributed by atoms with E-state index in [9.17, 15) is 4.79 Å². The highest BCUT2D eigenvalue weighted by Gasteiger charge is 2.19. The Morgan fingerprint density at radius 2 is 2.22 bits per heavy atom. The zero-order valence-electron chi connectivity index (χ0n) is 11.4. The van der Waals surface area contributed by atoms with Crippen molar-refractivity contribution in [2.45, 2.75) is 39.7 Å². The van der Waals surface area contributed by atoms with Crippen LogP contribution in [-0.2, 0) is 6.42 Å². The molecule has 0 bridgehead atoms. The van der Waals surface area contributed by atoms with Crippen molar-refractivity contribution in [3.63, 3.8) is 0 Å². The van der Waals surface area contributed by atoms with Crippen LogP contribution in [0.1, 0.15) is 43.4 Å². The second-order valence-corrected chi connectivity index (χ2v) is 5.00. The molecule has 0 radical (unpaired) electrons. The lowest BCUT2D eigenvalue weighted by Gasteiger charge is -2.21. The van der Waals surface area contributed by atoms with Crippen molar-refractivity contribution in [3.05, 3.63) is 17.5 Å². The fraction of sp³-hybridized carbons (Fsp3) is 0.615. The van der Waals surface area contributed by atoms with E-state index in [1.807, 2.05) is 6.92 Å². The van der Waals surface area contributed by atoms with E-state index >= 15 is 0 Å². The molecule has 1 unspecified atom stereocenters. The van der Waals surface area contributed by atoms with Gasteiger partial charge < -0.3 is 4.90 Å². The Kier molecular flexibility index (Phi) is 4.90. The number of rotatable bonds is 5. The first kappa shape index (κ1) is 14.2. The van der Waals surface area contributed by atoms with Crippen molar-refractivity contribution < 1.29 is 4.79 Å². The molecule has 0 spiro atoms. The number of amides is 1. The predicted molar refractivity (Wildman–Crippen MR) is 68.9 cm³/mol. The Hall–Kier alpha value is -1.83. The summed E-state index contributed by atoms with van der Waals surface area (Å²) in [5.74, 6) is 0.368. The number of H-pyrrole nitrogens is 1. The molecule has 0 aliphatic rings. The summed E-state index contributed by atoms with van der Waals surface area (Å²) in [7, 11) is 1.70. The van der Waals surface area contributed by atoms with E-state index in [1.54, 1.807) is 18.0 Å². The molecule has 1 aromatic heterocycles. The molecule has 0 aliphatic heterocycles. The molecule has 18 heavy (non-hydrogen) atoms. The van der Waals surface area contributed by atoms with Gasteiger partial charge in [0.1, 0.15) is 5.69 Å². The molecule has 5 nitrogen and oxygen atoms in total. The Bertz CT molecular complexity index is 444. The van der Waals surface area contributed by atoms with Gasteiger partial charge in [0.2, 0.25) is 0 Å². The van der Waals surface area contributed by atoms with Gasteiger partial charge in [-0.15, -0.1) is 0 Å². The molecule has 0 aliphatic carbocycles. The number of carbonyl (C=O) groups excluding carboxylic acids is 1. The summed E-state index contributed by atoms with van der Waals surface area (Å²) in [6.07, 6.45) is 1.20. The number of aromatic amines is 1. The Labute approximate surface area is 108 Å². The number of hydrogen-bond acceptors (Lipinski definition) is 3. The number of nitriles is 1. The Morgan fingerprint density at radius 3 is 2.78 bits per heavy atom. The average molecular weight is 248 g/mol. The van der Waals surface area contributed by atoms with Crippen LogP contribution in [0.3, 0.4) is 0 Å². The number of hydrogen-bond donors (Lipinski definition) is 1. The molecule has 5 heteroatoms. The summed E-state index contributed by atoms with van der Waals surface area (Å²) in [6.45, 7) is 6.08. The van der Waals surface area contributed by atoms with Crippen molar-refractivity contribution in [1.29, 1.82) is 5.26 Å². The van der Waals surface area contributed by atoms with E-state index in [4.69, 9.17) is 5.26 Å². The maximum atomic E-state index is 12.1. The molecular weight excluding hydrogens is 228 g/mol. The Balaban J connectivity index is 2.72. The summed E-state index contributed by atoms with van der Waals surface area (Å²) in [4.78, 5) is 13.6. The topological polar surface area (TPSA) is 72.8 Å². The van der Waals surface area contributed by atoms with E-state index in [1.165, 1.54) is 0 Å². The van der Waals surface area contributed by atoms with Crippen LogP contribution in [0, 0.1) is 17.2 Å². The molecule has 1 rings (SSSR count). The summed E-state index contributed by atoms with van der Waals surface area (Å²) >= 11 is 0. The van der Waals surface area contributed by atoms with Crippen molar-refractivity contribution in [2.75, 3.05) is 7.05 Å².